The van der Waals surface area contributed by atoms with Gasteiger partial charge in [0.25, 0.3) is 5.52 Å². The average Bonchev–Trinajstić information content (AvgIpc) is 3.03. The lowest BCUT2D eigenvalue weighted by atomic mass is 10.1. The quantitative estimate of drug-likeness (QED) is 0.454. The van der Waals surface area contributed by atoms with Crippen molar-refractivity contribution in [1.29, 1.82) is 0 Å². The Labute approximate surface area is 146 Å². The molecule has 0 saturated carbocycles. The van der Waals surface area contributed by atoms with Crippen LogP contribution in [0.5, 0.6) is 0 Å². The summed E-state index contributed by atoms with van der Waals surface area (Å²) in [5, 5.41) is 31.7. The molecule has 1 N–H and O–H groups in total. The molecule has 0 atom stereocenters. The minimum atomic E-state index is 0.0684. The molecule has 25 heavy (non-hydrogen) atoms. The number of methoxy groups -OCH3 is 1. The minimum Gasteiger partial charge on any atom is -0.739 e. The van der Waals surface area contributed by atoms with Crippen molar-refractivity contribution in [2.45, 2.75) is 31.8 Å². The highest BCUT2D eigenvalue weighted by molar-refractivity contribution is 5.71. The standard InChI is InChI=1S/C17H23N5O3/c1-25-14-10-20(11-14)7-3-6-18-17-19-22(24)16-9-13-5-2-4-12(13)8-15(16)21(17)23/h8-9,14H,2-7,10-11H2,1H3,(H,18,19). The molecule has 134 valence electrons. The number of likely N-dealkylation sites (tertiary alicyclic amines) is 1. The van der Waals surface area contributed by atoms with Crippen molar-refractivity contribution < 1.29 is 14.3 Å². The largest absolute Gasteiger partial charge is 0.739 e. The summed E-state index contributed by atoms with van der Waals surface area (Å²) in [6, 6.07) is 3.66. The first kappa shape index (κ1) is 16.3. The van der Waals surface area contributed by atoms with E-state index in [1.54, 1.807) is 7.11 Å². The molecule has 0 amide bonds. The number of benzene rings is 1. The van der Waals surface area contributed by atoms with Gasteiger partial charge in [0.15, 0.2) is 5.52 Å². The van der Waals surface area contributed by atoms with Gasteiger partial charge in [0, 0.05) is 37.7 Å². The summed E-state index contributed by atoms with van der Waals surface area (Å²) in [5.41, 5.74) is 3.05. The molecule has 1 aromatic heterocycles. The summed E-state index contributed by atoms with van der Waals surface area (Å²) < 4.78 is 5.99. The van der Waals surface area contributed by atoms with Gasteiger partial charge in [-0.15, -0.1) is 0 Å². The first-order valence-electron chi connectivity index (χ1n) is 8.83. The van der Waals surface area contributed by atoms with Crippen LogP contribution >= 0.6 is 0 Å². The van der Waals surface area contributed by atoms with Gasteiger partial charge in [-0.3, -0.25) is 10.2 Å². The van der Waals surface area contributed by atoms with Gasteiger partial charge in [0.2, 0.25) is 5.10 Å². The lowest BCUT2D eigenvalue weighted by molar-refractivity contribution is -0.672. The van der Waals surface area contributed by atoms with Gasteiger partial charge >= 0.3 is 5.95 Å². The van der Waals surface area contributed by atoms with Gasteiger partial charge < -0.3 is 15.2 Å². The van der Waals surface area contributed by atoms with Crippen LogP contribution in [0.1, 0.15) is 24.0 Å². The smallest absolute Gasteiger partial charge is 0.460 e. The molecule has 1 saturated heterocycles. The average molecular weight is 345 g/mol. The highest BCUT2D eigenvalue weighted by Crippen LogP contribution is 2.24. The van der Waals surface area contributed by atoms with E-state index in [2.05, 4.69) is 15.3 Å². The van der Waals surface area contributed by atoms with E-state index in [4.69, 9.17) is 4.74 Å². The second kappa shape index (κ2) is 6.61. The number of rotatable bonds is 6. The summed E-state index contributed by atoms with van der Waals surface area (Å²) in [6.45, 7) is 3.44. The van der Waals surface area contributed by atoms with Gasteiger partial charge in [0.05, 0.1) is 12.6 Å². The molecule has 4 rings (SSSR count). The van der Waals surface area contributed by atoms with Gasteiger partial charge in [-0.25, -0.2) is 4.73 Å². The molecule has 1 aromatic carbocycles. The topological polar surface area (TPSA) is 91.3 Å². The zero-order chi connectivity index (χ0) is 17.4. The van der Waals surface area contributed by atoms with E-state index in [0.717, 1.165) is 55.6 Å². The van der Waals surface area contributed by atoms with E-state index < -0.39 is 0 Å². The SMILES string of the molecule is COC1CN(CCCNc2n[n+]([O-])c3cc4c(cc3[n+]2[O-])CCC4)C1. The monoisotopic (exact) mass is 345 g/mol. The molecule has 1 aliphatic heterocycles. The highest BCUT2D eigenvalue weighted by Gasteiger charge is 2.26. The van der Waals surface area contributed by atoms with Gasteiger partial charge in [-0.05, 0) is 42.9 Å². The Hall–Kier alpha value is -2.19. The number of nitrogens with one attached hydrogen (secondary N) is 1. The predicted octanol–water partition coefficient (Wildman–Crippen LogP) is 0.123. The van der Waals surface area contributed by atoms with Gasteiger partial charge in [-0.1, -0.05) is 0 Å². The first-order valence-corrected chi connectivity index (χ1v) is 8.83. The van der Waals surface area contributed by atoms with Gasteiger partial charge in [0.1, 0.15) is 0 Å². The van der Waals surface area contributed by atoms with Crippen molar-refractivity contribution in [2.75, 3.05) is 38.6 Å². The molecule has 2 aliphatic rings. The van der Waals surface area contributed by atoms with Crippen LogP contribution in [0.15, 0.2) is 12.1 Å². The molecule has 0 bridgehead atoms. The molecular formula is C17H23N5O3. The lowest BCUT2D eigenvalue weighted by Gasteiger charge is -2.37. The van der Waals surface area contributed by atoms with Crippen LogP contribution < -0.4 is 14.9 Å². The van der Waals surface area contributed by atoms with Crippen molar-refractivity contribution in [2.24, 2.45) is 0 Å². The third-order valence-corrected chi connectivity index (χ3v) is 5.18. The first-order chi connectivity index (χ1) is 12.2. The fourth-order valence-corrected chi connectivity index (χ4v) is 3.67. The van der Waals surface area contributed by atoms with Crippen molar-refractivity contribution in [1.82, 2.24) is 10.00 Å². The van der Waals surface area contributed by atoms with E-state index in [1.165, 1.54) is 5.56 Å². The third kappa shape index (κ3) is 3.07. The number of anilines is 1. The fraction of sp³-hybridized carbons (Fsp3) is 0.588. The highest BCUT2D eigenvalue weighted by atomic mass is 16.5. The van der Waals surface area contributed by atoms with E-state index in [-0.39, 0.29) is 5.95 Å². The maximum Gasteiger partial charge on any atom is 0.460 e. The summed E-state index contributed by atoms with van der Waals surface area (Å²) in [4.78, 5) is 2.86. The summed E-state index contributed by atoms with van der Waals surface area (Å²) >= 11 is 0. The van der Waals surface area contributed by atoms with Crippen molar-refractivity contribution in [3.63, 3.8) is 0 Å². The maximum absolute atomic E-state index is 12.6. The molecule has 8 heteroatoms. The van der Waals surface area contributed by atoms with E-state index in [0.29, 0.717) is 28.5 Å². The molecule has 0 spiro atoms. The van der Waals surface area contributed by atoms with Crippen LogP contribution in [0, 0.1) is 10.4 Å². The predicted molar refractivity (Wildman–Crippen MR) is 92.0 cm³/mol. The van der Waals surface area contributed by atoms with Crippen LogP contribution in [0.3, 0.4) is 0 Å². The van der Waals surface area contributed by atoms with Crippen molar-refractivity contribution >= 4 is 17.0 Å². The third-order valence-electron chi connectivity index (χ3n) is 5.18. The van der Waals surface area contributed by atoms with Crippen LogP contribution in [0.25, 0.3) is 11.0 Å². The lowest BCUT2D eigenvalue weighted by Crippen LogP contribution is -2.52. The molecular weight excluding hydrogens is 322 g/mol. The normalized spacial score (nSPS) is 17.6. The summed E-state index contributed by atoms with van der Waals surface area (Å²) in [6.07, 6.45) is 4.22. The summed E-state index contributed by atoms with van der Waals surface area (Å²) in [7, 11) is 1.73. The Morgan fingerprint density at radius 2 is 1.96 bits per heavy atom. The number of ether oxygens (including phenoxy) is 1. The Kier molecular flexibility index (Phi) is 4.30. The molecule has 0 unspecified atom stereocenters. The molecule has 1 aliphatic carbocycles. The number of hydrogen-bond donors (Lipinski definition) is 1. The zero-order valence-corrected chi connectivity index (χ0v) is 14.4. The molecule has 0 radical (unpaired) electrons. The van der Waals surface area contributed by atoms with Crippen LogP contribution in [0.2, 0.25) is 0 Å². The molecule has 8 nitrogen and oxygen atoms in total. The van der Waals surface area contributed by atoms with Crippen LogP contribution in [-0.2, 0) is 17.6 Å². The van der Waals surface area contributed by atoms with Gasteiger partial charge in [-0.2, -0.15) is 0 Å². The second-order valence-electron chi connectivity index (χ2n) is 6.85. The van der Waals surface area contributed by atoms with Crippen LogP contribution in [0.4, 0.5) is 5.95 Å². The zero-order valence-electron chi connectivity index (χ0n) is 14.4. The number of hydrogen-bond acceptors (Lipinski definition) is 6. The number of nitrogens with zero attached hydrogens (tertiary/aromatic N) is 4. The number of aryl methyl sites for hydroxylation is 2. The van der Waals surface area contributed by atoms with E-state index >= 15 is 0 Å². The number of aromatic nitrogens is 3. The summed E-state index contributed by atoms with van der Waals surface area (Å²) in [5.74, 6) is 0.0684. The Morgan fingerprint density at radius 1 is 1.24 bits per heavy atom. The number of fused-ring (bicyclic) bond motifs is 2. The maximum atomic E-state index is 12.6. The minimum absolute atomic E-state index is 0.0684. The Morgan fingerprint density at radius 3 is 2.68 bits per heavy atom. The van der Waals surface area contributed by atoms with E-state index in [9.17, 15) is 10.4 Å². The van der Waals surface area contributed by atoms with E-state index in [1.807, 2.05) is 12.1 Å². The Balaban J connectivity index is 1.43. The fourth-order valence-electron chi connectivity index (χ4n) is 3.67. The van der Waals surface area contributed by atoms with Crippen molar-refractivity contribution in [3.8, 4) is 0 Å². The second-order valence-corrected chi connectivity index (χ2v) is 6.85. The van der Waals surface area contributed by atoms with Crippen molar-refractivity contribution in [3.05, 3.63) is 33.7 Å². The van der Waals surface area contributed by atoms with Crippen LogP contribution in [-0.4, -0.2) is 49.4 Å². The molecule has 1 fully saturated rings. The molecule has 2 aromatic rings. The Bertz CT molecular complexity index is 792. The molecule has 2 heterocycles.